The van der Waals surface area contributed by atoms with Crippen LogP contribution in [0.25, 0.3) is 10.9 Å². The molecule has 0 aliphatic carbocycles. The summed E-state index contributed by atoms with van der Waals surface area (Å²) in [4.78, 5) is 33.3. The smallest absolute Gasteiger partial charge is 0.322 e. The van der Waals surface area contributed by atoms with Crippen LogP contribution in [0.3, 0.4) is 0 Å². The fourth-order valence-electron chi connectivity index (χ4n) is 3.95. The standard InChI is InChI=1S/C25H32N4O4/c1-5-15-29-23(26-19-12-8-7-11-18(19)24(29)30)21(6-2)28(16-17-32-3)25(31)27-20-13-9-10-14-22(20)33-4/h7-14,21H,5-6,15-17H2,1-4H3,(H,27,31). The third-order valence-electron chi connectivity index (χ3n) is 5.55. The van der Waals surface area contributed by atoms with Gasteiger partial charge in [-0.1, -0.05) is 38.1 Å². The molecule has 1 heterocycles. The van der Waals surface area contributed by atoms with Crippen molar-refractivity contribution in [1.82, 2.24) is 14.5 Å². The SMILES string of the molecule is CCCn1c(C(CC)N(CCOC)C(=O)Nc2ccccc2OC)nc2ccccc2c1=O. The Morgan fingerprint density at radius 2 is 1.85 bits per heavy atom. The average molecular weight is 453 g/mol. The zero-order chi connectivity index (χ0) is 23.8. The van der Waals surface area contributed by atoms with Crippen LogP contribution >= 0.6 is 0 Å². The number of urea groups is 1. The van der Waals surface area contributed by atoms with Gasteiger partial charge >= 0.3 is 6.03 Å². The summed E-state index contributed by atoms with van der Waals surface area (Å²) in [6.07, 6.45) is 1.35. The molecular formula is C25H32N4O4. The molecule has 0 radical (unpaired) electrons. The molecule has 1 N–H and O–H groups in total. The van der Waals surface area contributed by atoms with Gasteiger partial charge in [-0.15, -0.1) is 0 Å². The molecule has 0 aliphatic rings. The van der Waals surface area contributed by atoms with Gasteiger partial charge in [-0.05, 0) is 37.1 Å². The molecule has 0 fully saturated rings. The molecule has 2 amide bonds. The first kappa shape index (κ1) is 24.3. The summed E-state index contributed by atoms with van der Waals surface area (Å²) in [6, 6.07) is 13.8. The Labute approximate surface area is 194 Å². The number of rotatable bonds is 10. The molecule has 1 unspecified atom stereocenters. The second-order valence-electron chi connectivity index (χ2n) is 7.68. The van der Waals surface area contributed by atoms with Gasteiger partial charge in [0.15, 0.2) is 0 Å². The number of carbonyl (C=O) groups is 1. The molecule has 8 heteroatoms. The molecule has 1 atom stereocenters. The summed E-state index contributed by atoms with van der Waals surface area (Å²) in [5.41, 5.74) is 1.10. The van der Waals surface area contributed by atoms with Crippen LogP contribution < -0.4 is 15.6 Å². The molecule has 3 rings (SSSR count). The Hall–Kier alpha value is -3.39. The van der Waals surface area contributed by atoms with E-state index >= 15 is 0 Å². The van der Waals surface area contributed by atoms with Gasteiger partial charge < -0.3 is 19.7 Å². The maximum absolute atomic E-state index is 13.5. The summed E-state index contributed by atoms with van der Waals surface area (Å²) in [5, 5.41) is 3.52. The predicted molar refractivity (Wildman–Crippen MR) is 130 cm³/mol. The zero-order valence-electron chi connectivity index (χ0n) is 19.7. The monoisotopic (exact) mass is 452 g/mol. The number of aromatic nitrogens is 2. The number of amides is 2. The molecule has 0 saturated carbocycles. The number of ether oxygens (including phenoxy) is 2. The minimum atomic E-state index is -0.418. The Bertz CT molecular complexity index is 1140. The van der Waals surface area contributed by atoms with E-state index in [1.165, 1.54) is 0 Å². The van der Waals surface area contributed by atoms with Crippen molar-refractivity contribution in [2.24, 2.45) is 0 Å². The highest BCUT2D eigenvalue weighted by atomic mass is 16.5. The van der Waals surface area contributed by atoms with Gasteiger partial charge in [0, 0.05) is 20.2 Å². The summed E-state index contributed by atoms with van der Waals surface area (Å²) in [7, 11) is 3.16. The number of hydrogen-bond acceptors (Lipinski definition) is 5. The van der Waals surface area contributed by atoms with Crippen LogP contribution in [0, 0.1) is 0 Å². The molecule has 33 heavy (non-hydrogen) atoms. The van der Waals surface area contributed by atoms with Crippen molar-refractivity contribution in [1.29, 1.82) is 0 Å². The molecule has 1 aromatic heterocycles. The van der Waals surface area contributed by atoms with Gasteiger partial charge in [0.2, 0.25) is 0 Å². The lowest BCUT2D eigenvalue weighted by atomic mass is 10.1. The molecular weight excluding hydrogens is 420 g/mol. The van der Waals surface area contributed by atoms with E-state index in [4.69, 9.17) is 14.5 Å². The Morgan fingerprint density at radius 3 is 2.55 bits per heavy atom. The minimum Gasteiger partial charge on any atom is -0.495 e. The van der Waals surface area contributed by atoms with Crippen molar-refractivity contribution < 1.29 is 14.3 Å². The molecule has 3 aromatic rings. The van der Waals surface area contributed by atoms with Crippen LogP contribution in [0.5, 0.6) is 5.75 Å². The van der Waals surface area contributed by atoms with Crippen molar-refractivity contribution in [3.05, 3.63) is 64.7 Å². The molecule has 176 valence electrons. The van der Waals surface area contributed by atoms with Crippen molar-refractivity contribution >= 4 is 22.6 Å². The Balaban J connectivity index is 2.07. The largest absolute Gasteiger partial charge is 0.495 e. The van der Waals surface area contributed by atoms with Gasteiger partial charge in [-0.2, -0.15) is 0 Å². The average Bonchev–Trinajstić information content (AvgIpc) is 2.84. The van der Waals surface area contributed by atoms with Gasteiger partial charge in [0.25, 0.3) is 5.56 Å². The van der Waals surface area contributed by atoms with Crippen molar-refractivity contribution in [3.8, 4) is 5.75 Å². The van der Waals surface area contributed by atoms with Crippen LogP contribution in [0.15, 0.2) is 53.3 Å². The third kappa shape index (κ3) is 5.34. The lowest BCUT2D eigenvalue weighted by molar-refractivity contribution is 0.130. The first-order chi connectivity index (χ1) is 16.0. The van der Waals surface area contributed by atoms with Crippen molar-refractivity contribution in [2.45, 2.75) is 39.3 Å². The lowest BCUT2D eigenvalue weighted by Crippen LogP contribution is -2.42. The van der Waals surface area contributed by atoms with E-state index in [1.54, 1.807) is 41.9 Å². The number of nitrogens with zero attached hydrogens (tertiary/aromatic N) is 3. The molecule has 0 bridgehead atoms. The van der Waals surface area contributed by atoms with Crippen LogP contribution in [-0.2, 0) is 11.3 Å². The second kappa shape index (κ2) is 11.5. The minimum absolute atomic E-state index is 0.0901. The van der Waals surface area contributed by atoms with Gasteiger partial charge in [0.05, 0.1) is 36.3 Å². The van der Waals surface area contributed by atoms with E-state index in [9.17, 15) is 9.59 Å². The van der Waals surface area contributed by atoms with E-state index in [2.05, 4.69) is 5.32 Å². The number of anilines is 1. The number of hydrogen-bond donors (Lipinski definition) is 1. The first-order valence-electron chi connectivity index (χ1n) is 11.2. The van der Waals surface area contributed by atoms with E-state index in [1.807, 2.05) is 44.2 Å². The zero-order valence-corrected chi connectivity index (χ0v) is 19.7. The molecule has 0 spiro atoms. The highest BCUT2D eigenvalue weighted by Gasteiger charge is 2.29. The van der Waals surface area contributed by atoms with Crippen molar-refractivity contribution in [3.63, 3.8) is 0 Å². The van der Waals surface area contributed by atoms with E-state index in [0.717, 1.165) is 6.42 Å². The topological polar surface area (TPSA) is 85.7 Å². The van der Waals surface area contributed by atoms with Crippen LogP contribution in [0.1, 0.15) is 38.6 Å². The lowest BCUT2D eigenvalue weighted by Gasteiger charge is -2.32. The summed E-state index contributed by atoms with van der Waals surface area (Å²) >= 11 is 0. The number of methoxy groups -OCH3 is 2. The fourth-order valence-corrected chi connectivity index (χ4v) is 3.95. The van der Waals surface area contributed by atoms with Gasteiger partial charge in [-0.3, -0.25) is 9.36 Å². The van der Waals surface area contributed by atoms with E-state index < -0.39 is 6.04 Å². The van der Waals surface area contributed by atoms with Gasteiger partial charge in [0.1, 0.15) is 11.6 Å². The van der Waals surface area contributed by atoms with Crippen LogP contribution in [-0.4, -0.2) is 47.9 Å². The molecule has 8 nitrogen and oxygen atoms in total. The second-order valence-corrected chi connectivity index (χ2v) is 7.68. The predicted octanol–water partition coefficient (Wildman–Crippen LogP) is 4.45. The maximum Gasteiger partial charge on any atom is 0.322 e. The van der Waals surface area contributed by atoms with E-state index in [-0.39, 0.29) is 11.6 Å². The van der Waals surface area contributed by atoms with E-state index in [0.29, 0.717) is 54.3 Å². The Morgan fingerprint density at radius 1 is 1.12 bits per heavy atom. The normalized spacial score (nSPS) is 11.9. The summed E-state index contributed by atoms with van der Waals surface area (Å²) in [6.45, 7) is 5.21. The van der Waals surface area contributed by atoms with Crippen LogP contribution in [0.4, 0.5) is 10.5 Å². The number of fused-ring (bicyclic) bond motifs is 1. The number of benzene rings is 2. The quantitative estimate of drug-likeness (QED) is 0.491. The van der Waals surface area contributed by atoms with Gasteiger partial charge in [-0.25, -0.2) is 9.78 Å². The molecule has 0 saturated heterocycles. The molecule has 0 aliphatic heterocycles. The van der Waals surface area contributed by atoms with Crippen molar-refractivity contribution in [2.75, 3.05) is 32.7 Å². The number of carbonyl (C=O) groups excluding carboxylic acids is 1. The highest BCUT2D eigenvalue weighted by molar-refractivity contribution is 5.91. The fraction of sp³-hybridized carbons (Fsp3) is 0.400. The summed E-state index contributed by atoms with van der Waals surface area (Å²) in [5.74, 6) is 1.15. The van der Waals surface area contributed by atoms with Crippen LogP contribution in [0.2, 0.25) is 0 Å². The first-order valence-corrected chi connectivity index (χ1v) is 11.2. The maximum atomic E-state index is 13.5. The third-order valence-corrected chi connectivity index (χ3v) is 5.55. The number of nitrogens with one attached hydrogen (secondary N) is 1. The summed E-state index contributed by atoms with van der Waals surface area (Å²) < 4.78 is 12.4. The molecule has 2 aromatic carbocycles. The number of para-hydroxylation sites is 3. The highest BCUT2D eigenvalue weighted by Crippen LogP contribution is 2.27. The Kier molecular flexibility index (Phi) is 8.43.